The van der Waals surface area contributed by atoms with Crippen LogP contribution in [0.2, 0.25) is 0 Å². The third-order valence-electron chi connectivity index (χ3n) is 2.11. The van der Waals surface area contributed by atoms with Crippen molar-refractivity contribution in [2.75, 3.05) is 17.8 Å². The molecule has 2 aromatic rings. The Balaban J connectivity index is 2.10. The van der Waals surface area contributed by atoms with Crippen molar-refractivity contribution in [2.45, 2.75) is 5.16 Å². The van der Waals surface area contributed by atoms with Crippen molar-refractivity contribution in [3.8, 4) is 11.4 Å². The van der Waals surface area contributed by atoms with Crippen molar-refractivity contribution in [3.63, 3.8) is 0 Å². The minimum atomic E-state index is -0.288. The largest absolute Gasteiger partial charge is 0.258 e. The molecule has 0 aliphatic heterocycles. The molecule has 0 radical (unpaired) electrons. The fraction of sp³-hybridized carbons (Fsp3) is 0.273. The van der Waals surface area contributed by atoms with Crippen LogP contribution in [0, 0.1) is 5.82 Å². The van der Waals surface area contributed by atoms with E-state index in [0.29, 0.717) is 16.5 Å². The summed E-state index contributed by atoms with van der Waals surface area (Å²) in [5.74, 6) is 2.20. The molecule has 2 rings (SSSR count). The number of aromatic nitrogens is 3. The van der Waals surface area contributed by atoms with Crippen LogP contribution in [0.15, 0.2) is 29.4 Å². The summed E-state index contributed by atoms with van der Waals surface area (Å²) < 4.78 is 13.5. The predicted octanol–water partition coefficient (Wildman–Crippen LogP) is 3.07. The molecule has 0 spiro atoms. The summed E-state index contributed by atoms with van der Waals surface area (Å²) >= 11 is 3.35. The number of aromatic amines is 1. The van der Waals surface area contributed by atoms with Gasteiger partial charge < -0.3 is 0 Å². The first kappa shape index (κ1) is 12.4. The number of rotatable bonds is 5. The van der Waals surface area contributed by atoms with Gasteiger partial charge >= 0.3 is 0 Å². The third-order valence-corrected chi connectivity index (χ3v) is 3.83. The molecule has 0 saturated carbocycles. The summed E-state index contributed by atoms with van der Waals surface area (Å²) in [4.78, 5) is 4.26. The summed E-state index contributed by atoms with van der Waals surface area (Å²) in [6, 6.07) is 6.54. The molecule has 0 fully saturated rings. The number of nitrogens with zero attached hydrogens (tertiary/aromatic N) is 2. The van der Waals surface area contributed by atoms with E-state index < -0.39 is 0 Å². The van der Waals surface area contributed by atoms with Crippen molar-refractivity contribution >= 4 is 23.5 Å². The van der Waals surface area contributed by atoms with E-state index in [1.54, 1.807) is 41.7 Å². The van der Waals surface area contributed by atoms with Gasteiger partial charge in [0.15, 0.2) is 5.82 Å². The molecule has 17 heavy (non-hydrogen) atoms. The quantitative estimate of drug-likeness (QED) is 0.669. The number of hydrogen-bond acceptors (Lipinski definition) is 4. The van der Waals surface area contributed by atoms with Crippen LogP contribution in [-0.2, 0) is 0 Å². The highest BCUT2D eigenvalue weighted by molar-refractivity contribution is 8.02. The zero-order valence-corrected chi connectivity index (χ0v) is 10.9. The second kappa shape index (κ2) is 6.07. The lowest BCUT2D eigenvalue weighted by atomic mass is 10.2. The summed E-state index contributed by atoms with van der Waals surface area (Å²) in [7, 11) is 0. The zero-order valence-electron chi connectivity index (χ0n) is 9.31. The van der Waals surface area contributed by atoms with E-state index in [4.69, 9.17) is 0 Å². The van der Waals surface area contributed by atoms with Crippen LogP contribution >= 0.6 is 23.5 Å². The van der Waals surface area contributed by atoms with E-state index in [1.165, 1.54) is 6.07 Å². The molecule has 6 heteroatoms. The lowest BCUT2D eigenvalue weighted by Gasteiger charge is -1.96. The molecule has 0 atom stereocenters. The first-order chi connectivity index (χ1) is 8.31. The molecule has 0 saturated heterocycles. The van der Waals surface area contributed by atoms with Crippen molar-refractivity contribution in [1.29, 1.82) is 0 Å². The Morgan fingerprint density at radius 3 is 2.88 bits per heavy atom. The minimum absolute atomic E-state index is 0.288. The van der Waals surface area contributed by atoms with Gasteiger partial charge in [-0.15, -0.1) is 5.10 Å². The van der Waals surface area contributed by atoms with E-state index in [9.17, 15) is 4.39 Å². The average Bonchev–Trinajstić information content (AvgIpc) is 2.79. The van der Waals surface area contributed by atoms with Crippen LogP contribution in [0.1, 0.15) is 0 Å². The molecule has 1 aromatic carbocycles. The normalized spacial score (nSPS) is 10.7. The minimum Gasteiger partial charge on any atom is -0.258 e. The number of halogens is 1. The van der Waals surface area contributed by atoms with Crippen molar-refractivity contribution in [1.82, 2.24) is 15.2 Å². The Bertz CT molecular complexity index is 487. The van der Waals surface area contributed by atoms with Gasteiger partial charge in [0.05, 0.1) is 5.56 Å². The number of hydrogen-bond donors (Lipinski definition) is 1. The molecule has 1 N–H and O–H groups in total. The van der Waals surface area contributed by atoms with Crippen LogP contribution in [0.3, 0.4) is 0 Å². The number of thioether (sulfide) groups is 2. The second-order valence-electron chi connectivity index (χ2n) is 3.29. The molecular formula is C11H12FN3S2. The average molecular weight is 269 g/mol. The Kier molecular flexibility index (Phi) is 4.44. The fourth-order valence-corrected chi connectivity index (χ4v) is 2.75. The first-order valence-corrected chi connectivity index (χ1v) is 7.48. The highest BCUT2D eigenvalue weighted by Gasteiger charge is 2.09. The Hall–Kier alpha value is -1.01. The highest BCUT2D eigenvalue weighted by atomic mass is 32.2. The van der Waals surface area contributed by atoms with E-state index in [0.717, 1.165) is 11.5 Å². The highest BCUT2D eigenvalue weighted by Crippen LogP contribution is 2.21. The maximum Gasteiger partial charge on any atom is 0.208 e. The van der Waals surface area contributed by atoms with Gasteiger partial charge in [-0.05, 0) is 18.4 Å². The van der Waals surface area contributed by atoms with E-state index in [-0.39, 0.29) is 5.82 Å². The van der Waals surface area contributed by atoms with Gasteiger partial charge in [-0.2, -0.15) is 11.8 Å². The molecule has 0 aliphatic carbocycles. The van der Waals surface area contributed by atoms with Crippen LogP contribution in [0.4, 0.5) is 4.39 Å². The van der Waals surface area contributed by atoms with Crippen LogP contribution in [0.5, 0.6) is 0 Å². The molecule has 0 unspecified atom stereocenters. The number of nitrogens with one attached hydrogen (secondary N) is 1. The van der Waals surface area contributed by atoms with E-state index in [1.807, 2.05) is 0 Å². The maximum absolute atomic E-state index is 13.5. The molecule has 0 amide bonds. The van der Waals surface area contributed by atoms with Gasteiger partial charge in [-0.1, -0.05) is 23.9 Å². The molecule has 0 bridgehead atoms. The second-order valence-corrected chi connectivity index (χ2v) is 5.34. The SMILES string of the molecule is CSCCSc1n[nH]c(-c2ccccc2F)n1. The Labute approximate surface area is 108 Å². The molecular weight excluding hydrogens is 257 g/mol. The van der Waals surface area contributed by atoms with Crippen LogP contribution in [-0.4, -0.2) is 32.9 Å². The summed E-state index contributed by atoms with van der Waals surface area (Å²) in [5, 5.41) is 7.48. The van der Waals surface area contributed by atoms with Gasteiger partial charge in [0.1, 0.15) is 5.82 Å². The fourth-order valence-electron chi connectivity index (χ4n) is 1.30. The summed E-state index contributed by atoms with van der Waals surface area (Å²) in [6.07, 6.45) is 2.06. The summed E-state index contributed by atoms with van der Waals surface area (Å²) in [6.45, 7) is 0. The third kappa shape index (κ3) is 3.23. The van der Waals surface area contributed by atoms with Gasteiger partial charge in [0.25, 0.3) is 0 Å². The molecule has 3 nitrogen and oxygen atoms in total. The Morgan fingerprint density at radius 1 is 1.29 bits per heavy atom. The van der Waals surface area contributed by atoms with Gasteiger partial charge in [-0.25, -0.2) is 9.37 Å². The van der Waals surface area contributed by atoms with Gasteiger partial charge in [-0.3, -0.25) is 5.10 Å². The predicted molar refractivity (Wildman–Crippen MR) is 70.9 cm³/mol. The number of H-pyrrole nitrogens is 1. The van der Waals surface area contributed by atoms with Crippen molar-refractivity contribution in [2.24, 2.45) is 0 Å². The van der Waals surface area contributed by atoms with E-state index >= 15 is 0 Å². The van der Waals surface area contributed by atoms with Gasteiger partial charge in [0, 0.05) is 11.5 Å². The molecule has 1 heterocycles. The molecule has 90 valence electrons. The number of benzene rings is 1. The zero-order chi connectivity index (χ0) is 12.1. The monoisotopic (exact) mass is 269 g/mol. The maximum atomic E-state index is 13.5. The lowest BCUT2D eigenvalue weighted by Crippen LogP contribution is -1.86. The molecule has 0 aliphatic rings. The van der Waals surface area contributed by atoms with Crippen LogP contribution in [0.25, 0.3) is 11.4 Å². The smallest absolute Gasteiger partial charge is 0.208 e. The van der Waals surface area contributed by atoms with Crippen molar-refractivity contribution < 1.29 is 4.39 Å². The standard InChI is InChI=1S/C11H12FN3S2/c1-16-6-7-17-11-13-10(14-15-11)8-4-2-3-5-9(8)12/h2-5H,6-7H2,1H3,(H,13,14,15). The lowest BCUT2D eigenvalue weighted by molar-refractivity contribution is 0.630. The Morgan fingerprint density at radius 2 is 2.12 bits per heavy atom. The van der Waals surface area contributed by atoms with E-state index in [2.05, 4.69) is 21.4 Å². The topological polar surface area (TPSA) is 41.6 Å². The van der Waals surface area contributed by atoms with Gasteiger partial charge in [0.2, 0.25) is 5.16 Å². The molecule has 1 aromatic heterocycles. The first-order valence-electron chi connectivity index (χ1n) is 5.10. The summed E-state index contributed by atoms with van der Waals surface area (Å²) in [5.41, 5.74) is 0.455. The van der Waals surface area contributed by atoms with Crippen molar-refractivity contribution in [3.05, 3.63) is 30.1 Å². The van der Waals surface area contributed by atoms with Crippen LogP contribution < -0.4 is 0 Å².